The summed E-state index contributed by atoms with van der Waals surface area (Å²) >= 11 is 0. The van der Waals surface area contributed by atoms with Gasteiger partial charge in [-0.05, 0) is 37.6 Å². The largest absolute Gasteiger partial charge is 0.341 e. The van der Waals surface area contributed by atoms with Crippen molar-refractivity contribution in [3.8, 4) is 0 Å². The minimum Gasteiger partial charge on any atom is -0.341 e. The van der Waals surface area contributed by atoms with Gasteiger partial charge in [-0.3, -0.25) is 14.4 Å². The molecular formula is C19H19F2N3O3. The summed E-state index contributed by atoms with van der Waals surface area (Å²) < 4.78 is 26.8. The maximum absolute atomic E-state index is 13.8. The van der Waals surface area contributed by atoms with Gasteiger partial charge in [0.25, 0.3) is 0 Å². The third kappa shape index (κ3) is 5.10. The van der Waals surface area contributed by atoms with Crippen LogP contribution in [0.25, 0.3) is 0 Å². The second-order valence-corrected chi connectivity index (χ2v) is 5.97. The van der Waals surface area contributed by atoms with E-state index in [1.165, 1.54) is 19.9 Å². The third-order valence-corrected chi connectivity index (χ3v) is 3.88. The van der Waals surface area contributed by atoms with Crippen molar-refractivity contribution in [3.63, 3.8) is 0 Å². The van der Waals surface area contributed by atoms with Crippen LogP contribution < -0.4 is 16.0 Å². The van der Waals surface area contributed by atoms with Gasteiger partial charge in [-0.15, -0.1) is 0 Å². The first-order valence-electron chi connectivity index (χ1n) is 8.13. The zero-order valence-electron chi connectivity index (χ0n) is 15.0. The Hall–Kier alpha value is -3.29. The Labute approximate surface area is 155 Å². The van der Waals surface area contributed by atoms with E-state index in [4.69, 9.17) is 0 Å². The third-order valence-electron chi connectivity index (χ3n) is 3.88. The molecule has 27 heavy (non-hydrogen) atoms. The molecule has 0 radical (unpaired) electrons. The Morgan fingerprint density at radius 1 is 0.963 bits per heavy atom. The minimum atomic E-state index is -0.976. The van der Waals surface area contributed by atoms with Crippen LogP contribution in [0.15, 0.2) is 36.4 Å². The lowest BCUT2D eigenvalue weighted by atomic mass is 10.1. The molecule has 0 aliphatic rings. The molecule has 1 atom stereocenters. The Morgan fingerprint density at radius 3 is 2.19 bits per heavy atom. The van der Waals surface area contributed by atoms with Gasteiger partial charge < -0.3 is 16.0 Å². The summed E-state index contributed by atoms with van der Waals surface area (Å²) in [5.41, 5.74) is 1.48. The van der Waals surface area contributed by atoms with Crippen LogP contribution in [0, 0.1) is 18.6 Å². The fourth-order valence-corrected chi connectivity index (χ4v) is 2.47. The molecule has 2 aromatic carbocycles. The second kappa shape index (κ2) is 8.39. The highest BCUT2D eigenvalue weighted by atomic mass is 19.1. The summed E-state index contributed by atoms with van der Waals surface area (Å²) in [6.07, 6.45) is 0. The monoisotopic (exact) mass is 375 g/mol. The molecule has 0 aliphatic carbocycles. The van der Waals surface area contributed by atoms with Crippen LogP contribution in [-0.4, -0.2) is 17.7 Å². The highest BCUT2D eigenvalue weighted by Gasteiger charge is 2.20. The summed E-state index contributed by atoms with van der Waals surface area (Å²) in [7, 11) is 0. The molecule has 0 aliphatic heterocycles. The lowest BCUT2D eigenvalue weighted by Gasteiger charge is -2.16. The summed E-state index contributed by atoms with van der Waals surface area (Å²) in [6, 6.07) is 6.99. The molecule has 6 nitrogen and oxygen atoms in total. The van der Waals surface area contributed by atoms with Crippen molar-refractivity contribution in [3.05, 3.63) is 59.2 Å². The number of benzene rings is 2. The van der Waals surface area contributed by atoms with E-state index in [9.17, 15) is 23.2 Å². The Kier molecular flexibility index (Phi) is 6.23. The van der Waals surface area contributed by atoms with Gasteiger partial charge in [0.1, 0.15) is 11.6 Å². The fraction of sp³-hybridized carbons (Fsp3) is 0.211. The quantitative estimate of drug-likeness (QED) is 0.718. The second-order valence-electron chi connectivity index (χ2n) is 5.97. The lowest BCUT2D eigenvalue weighted by Crippen LogP contribution is -2.37. The van der Waals surface area contributed by atoms with Gasteiger partial charge in [-0.2, -0.15) is 0 Å². The van der Waals surface area contributed by atoms with E-state index in [1.54, 1.807) is 25.1 Å². The normalized spacial score (nSPS) is 11.4. The van der Waals surface area contributed by atoms with Crippen molar-refractivity contribution < 1.29 is 23.2 Å². The highest BCUT2D eigenvalue weighted by molar-refractivity contribution is 6.39. The molecular weight excluding hydrogens is 356 g/mol. The number of nitrogens with one attached hydrogen (secondary N) is 3. The van der Waals surface area contributed by atoms with Crippen LogP contribution in [0.2, 0.25) is 0 Å². The maximum atomic E-state index is 13.8. The van der Waals surface area contributed by atoms with Crippen LogP contribution in [-0.2, 0) is 14.4 Å². The van der Waals surface area contributed by atoms with Gasteiger partial charge >= 0.3 is 11.8 Å². The zero-order valence-corrected chi connectivity index (χ0v) is 15.0. The van der Waals surface area contributed by atoms with Gasteiger partial charge in [0.05, 0.1) is 6.04 Å². The average molecular weight is 375 g/mol. The molecule has 0 spiro atoms. The van der Waals surface area contributed by atoms with Crippen molar-refractivity contribution in [1.82, 2.24) is 5.32 Å². The number of anilines is 2. The number of hydrogen-bond donors (Lipinski definition) is 3. The standard InChI is InChI=1S/C19H19F2N3O3/c1-10-16(23-12(3)25)5-4-6-17(10)24-19(27)18(26)22-11(2)14-8-7-13(20)9-15(14)21/h4-9,11H,1-3H3,(H,22,26)(H,23,25)(H,24,27). The molecule has 0 saturated carbocycles. The average Bonchev–Trinajstić information content (AvgIpc) is 2.57. The van der Waals surface area contributed by atoms with Crippen molar-refractivity contribution >= 4 is 29.1 Å². The molecule has 2 rings (SSSR count). The van der Waals surface area contributed by atoms with Crippen molar-refractivity contribution in [2.75, 3.05) is 10.6 Å². The van der Waals surface area contributed by atoms with Gasteiger partial charge in [-0.1, -0.05) is 12.1 Å². The van der Waals surface area contributed by atoms with E-state index in [0.29, 0.717) is 23.0 Å². The highest BCUT2D eigenvalue weighted by Crippen LogP contribution is 2.23. The van der Waals surface area contributed by atoms with Gasteiger partial charge in [0, 0.05) is 29.9 Å². The zero-order chi connectivity index (χ0) is 20.1. The Bertz CT molecular complexity index is 900. The van der Waals surface area contributed by atoms with E-state index >= 15 is 0 Å². The molecule has 0 saturated heterocycles. The first kappa shape index (κ1) is 20.0. The number of carbonyl (C=O) groups excluding carboxylic acids is 3. The van der Waals surface area contributed by atoms with Crippen molar-refractivity contribution in [2.45, 2.75) is 26.8 Å². The molecule has 2 aromatic rings. The lowest BCUT2D eigenvalue weighted by molar-refractivity contribution is -0.136. The van der Waals surface area contributed by atoms with E-state index < -0.39 is 29.5 Å². The van der Waals surface area contributed by atoms with Crippen molar-refractivity contribution in [2.24, 2.45) is 0 Å². The first-order chi connectivity index (χ1) is 12.7. The number of hydrogen-bond acceptors (Lipinski definition) is 3. The molecule has 0 fully saturated rings. The first-order valence-corrected chi connectivity index (χ1v) is 8.13. The molecule has 142 valence electrons. The van der Waals surface area contributed by atoms with E-state index in [1.807, 2.05) is 0 Å². The maximum Gasteiger partial charge on any atom is 0.313 e. The predicted molar refractivity (Wildman–Crippen MR) is 97.0 cm³/mol. The van der Waals surface area contributed by atoms with Crippen LogP contribution >= 0.6 is 0 Å². The summed E-state index contributed by atoms with van der Waals surface area (Å²) in [4.78, 5) is 35.4. The van der Waals surface area contributed by atoms with Crippen LogP contribution in [0.1, 0.15) is 31.0 Å². The molecule has 1 unspecified atom stereocenters. The van der Waals surface area contributed by atoms with E-state index in [0.717, 1.165) is 6.07 Å². The number of carbonyl (C=O) groups is 3. The smallest absolute Gasteiger partial charge is 0.313 e. The molecule has 8 heteroatoms. The molecule has 0 heterocycles. The molecule has 3 amide bonds. The van der Waals surface area contributed by atoms with Crippen LogP contribution in [0.4, 0.5) is 20.2 Å². The number of halogens is 2. The predicted octanol–water partition coefficient (Wildman–Crippen LogP) is 3.05. The van der Waals surface area contributed by atoms with Crippen molar-refractivity contribution in [1.29, 1.82) is 0 Å². The molecule has 0 bridgehead atoms. The SMILES string of the molecule is CC(=O)Nc1cccc(NC(=O)C(=O)NC(C)c2ccc(F)cc2F)c1C. The topological polar surface area (TPSA) is 87.3 Å². The Balaban J connectivity index is 2.07. The van der Waals surface area contributed by atoms with Gasteiger partial charge in [-0.25, -0.2) is 8.78 Å². The Morgan fingerprint density at radius 2 is 1.59 bits per heavy atom. The molecule has 0 aromatic heterocycles. The van der Waals surface area contributed by atoms with Gasteiger partial charge in [0.15, 0.2) is 0 Å². The molecule has 3 N–H and O–H groups in total. The number of rotatable bonds is 4. The summed E-state index contributed by atoms with van der Waals surface area (Å²) in [5, 5.41) is 7.43. The van der Waals surface area contributed by atoms with Crippen LogP contribution in [0.5, 0.6) is 0 Å². The summed E-state index contributed by atoms with van der Waals surface area (Å²) in [6.45, 7) is 4.51. The van der Waals surface area contributed by atoms with Crippen LogP contribution in [0.3, 0.4) is 0 Å². The minimum absolute atomic E-state index is 0.0568. The van der Waals surface area contributed by atoms with E-state index in [-0.39, 0.29) is 11.5 Å². The fourth-order valence-electron chi connectivity index (χ4n) is 2.47. The van der Waals surface area contributed by atoms with Gasteiger partial charge in [0.2, 0.25) is 5.91 Å². The van der Waals surface area contributed by atoms with E-state index in [2.05, 4.69) is 16.0 Å². The summed E-state index contributed by atoms with van der Waals surface area (Å²) in [5.74, 6) is -3.75. The number of amides is 3.